The zero-order valence-electron chi connectivity index (χ0n) is 20.9. The smallest absolute Gasteiger partial charge is 0.228 e. The van der Waals surface area contributed by atoms with E-state index in [-0.39, 0.29) is 5.92 Å². The molecule has 192 valence electrons. The van der Waals surface area contributed by atoms with Gasteiger partial charge in [-0.25, -0.2) is 14.5 Å². The van der Waals surface area contributed by atoms with Gasteiger partial charge in [0.15, 0.2) is 23.0 Å². The van der Waals surface area contributed by atoms with Crippen molar-refractivity contribution in [1.82, 2.24) is 19.6 Å². The number of halogens is 2. The van der Waals surface area contributed by atoms with Crippen LogP contribution in [0, 0.1) is 0 Å². The van der Waals surface area contributed by atoms with Gasteiger partial charge < -0.3 is 14.2 Å². The molecule has 0 saturated carbocycles. The normalized spacial score (nSPS) is 14.1. The summed E-state index contributed by atoms with van der Waals surface area (Å²) in [5.41, 5.74) is 4.02. The molecule has 6 aromatic rings. The largest absolute Gasteiger partial charge is 0.493 e. The van der Waals surface area contributed by atoms with Crippen LogP contribution in [0.15, 0.2) is 79.1 Å². The number of nitrogens with zero attached hydrogens (tertiary/aromatic N) is 4. The number of hydrogen-bond acceptors (Lipinski definition) is 6. The lowest BCUT2D eigenvalue weighted by atomic mass is 9.82. The molecule has 3 heterocycles. The van der Waals surface area contributed by atoms with E-state index in [0.29, 0.717) is 44.5 Å². The lowest BCUT2D eigenvalue weighted by Crippen LogP contribution is -2.15. The van der Waals surface area contributed by atoms with Crippen molar-refractivity contribution in [1.29, 1.82) is 0 Å². The van der Waals surface area contributed by atoms with Gasteiger partial charge in [0.1, 0.15) is 12.1 Å². The van der Waals surface area contributed by atoms with Crippen molar-refractivity contribution in [2.24, 2.45) is 0 Å². The molecule has 0 spiro atoms. The van der Waals surface area contributed by atoms with E-state index < -0.39 is 0 Å². The molecule has 0 fully saturated rings. The van der Waals surface area contributed by atoms with Crippen molar-refractivity contribution in [2.75, 3.05) is 14.2 Å². The van der Waals surface area contributed by atoms with Crippen molar-refractivity contribution < 1.29 is 14.2 Å². The predicted octanol–water partition coefficient (Wildman–Crippen LogP) is 7.55. The minimum Gasteiger partial charge on any atom is -0.493 e. The summed E-state index contributed by atoms with van der Waals surface area (Å²) in [7, 11) is 3.25. The Balaban J connectivity index is 1.51. The number of benzene rings is 4. The van der Waals surface area contributed by atoms with Crippen LogP contribution >= 0.6 is 23.2 Å². The Morgan fingerprint density at radius 1 is 0.897 bits per heavy atom. The molecular formula is C30H20Cl2N4O3. The average Bonchev–Trinajstić information content (AvgIpc) is 3.40. The average molecular weight is 555 g/mol. The van der Waals surface area contributed by atoms with Gasteiger partial charge in [0.2, 0.25) is 5.88 Å². The summed E-state index contributed by atoms with van der Waals surface area (Å²) < 4.78 is 19.3. The molecule has 2 aromatic heterocycles. The fourth-order valence-corrected chi connectivity index (χ4v) is 5.70. The van der Waals surface area contributed by atoms with E-state index in [1.807, 2.05) is 36.4 Å². The second-order valence-electron chi connectivity index (χ2n) is 9.15. The fraction of sp³-hybridized carbons (Fsp3) is 0.100. The third-order valence-electron chi connectivity index (χ3n) is 7.01. The number of hydrogen-bond donors (Lipinski definition) is 0. The highest BCUT2D eigenvalue weighted by Crippen LogP contribution is 2.51. The maximum atomic E-state index is 6.51. The third-order valence-corrected chi connectivity index (χ3v) is 7.56. The van der Waals surface area contributed by atoms with Gasteiger partial charge in [-0.15, -0.1) is 5.10 Å². The molecule has 0 saturated heterocycles. The van der Waals surface area contributed by atoms with Crippen molar-refractivity contribution in [2.45, 2.75) is 5.92 Å². The lowest BCUT2D eigenvalue weighted by molar-refractivity contribution is 0.354. The van der Waals surface area contributed by atoms with Crippen LogP contribution in [0.2, 0.25) is 10.0 Å². The van der Waals surface area contributed by atoms with E-state index in [4.69, 9.17) is 47.5 Å². The van der Waals surface area contributed by atoms with Crippen molar-refractivity contribution >= 4 is 39.6 Å². The highest BCUT2D eigenvalue weighted by atomic mass is 35.5. The van der Waals surface area contributed by atoms with Gasteiger partial charge in [0, 0.05) is 27.5 Å². The first-order chi connectivity index (χ1) is 19.1. The van der Waals surface area contributed by atoms with Crippen molar-refractivity contribution in [3.63, 3.8) is 0 Å². The molecule has 39 heavy (non-hydrogen) atoms. The second-order valence-corrected chi connectivity index (χ2v) is 9.99. The Labute approximate surface area is 233 Å². The first-order valence-electron chi connectivity index (χ1n) is 12.2. The maximum Gasteiger partial charge on any atom is 0.228 e. The van der Waals surface area contributed by atoms with Crippen LogP contribution in [0.5, 0.6) is 23.1 Å². The zero-order chi connectivity index (χ0) is 26.7. The Kier molecular flexibility index (Phi) is 5.58. The highest BCUT2D eigenvalue weighted by molar-refractivity contribution is 6.36. The topological polar surface area (TPSA) is 70.8 Å². The van der Waals surface area contributed by atoms with Crippen LogP contribution in [-0.4, -0.2) is 33.8 Å². The molecule has 0 aliphatic carbocycles. The van der Waals surface area contributed by atoms with Gasteiger partial charge in [0.05, 0.1) is 24.8 Å². The summed E-state index contributed by atoms with van der Waals surface area (Å²) in [4.78, 5) is 9.60. The van der Waals surface area contributed by atoms with E-state index in [2.05, 4.69) is 29.2 Å². The van der Waals surface area contributed by atoms with E-state index >= 15 is 0 Å². The molecule has 1 atom stereocenters. The van der Waals surface area contributed by atoms with Gasteiger partial charge in [-0.3, -0.25) is 0 Å². The summed E-state index contributed by atoms with van der Waals surface area (Å²) in [6.45, 7) is 0. The number of fused-ring (bicyclic) bond motifs is 6. The summed E-state index contributed by atoms with van der Waals surface area (Å²) in [5.74, 6) is 2.68. The molecule has 0 radical (unpaired) electrons. The minimum absolute atomic E-state index is 0.276. The number of ether oxygens (including phenoxy) is 3. The van der Waals surface area contributed by atoms with E-state index in [0.717, 1.165) is 33.2 Å². The number of methoxy groups -OCH3 is 2. The number of aromatic nitrogens is 4. The van der Waals surface area contributed by atoms with Crippen LogP contribution < -0.4 is 14.2 Å². The molecular weight excluding hydrogens is 535 g/mol. The third kappa shape index (κ3) is 3.77. The van der Waals surface area contributed by atoms with Gasteiger partial charge in [-0.05, 0) is 41.3 Å². The van der Waals surface area contributed by atoms with E-state index in [1.165, 1.54) is 0 Å². The van der Waals surface area contributed by atoms with Crippen LogP contribution in [0.1, 0.15) is 22.6 Å². The van der Waals surface area contributed by atoms with E-state index in [9.17, 15) is 0 Å². The predicted molar refractivity (Wildman–Crippen MR) is 151 cm³/mol. The summed E-state index contributed by atoms with van der Waals surface area (Å²) in [6.07, 6.45) is 1.61. The molecule has 0 N–H and O–H groups in total. The Morgan fingerprint density at radius 2 is 1.74 bits per heavy atom. The van der Waals surface area contributed by atoms with Gasteiger partial charge in [-0.2, -0.15) is 0 Å². The highest BCUT2D eigenvalue weighted by Gasteiger charge is 2.35. The Hall–Kier alpha value is -4.33. The van der Waals surface area contributed by atoms with Gasteiger partial charge >= 0.3 is 0 Å². The lowest BCUT2D eigenvalue weighted by Gasteiger charge is -2.29. The minimum atomic E-state index is -0.276. The first kappa shape index (κ1) is 23.8. The molecule has 0 amide bonds. The molecule has 0 unspecified atom stereocenters. The quantitative estimate of drug-likeness (QED) is 0.223. The van der Waals surface area contributed by atoms with Gasteiger partial charge in [0.25, 0.3) is 0 Å². The fourth-order valence-electron chi connectivity index (χ4n) is 5.21. The zero-order valence-corrected chi connectivity index (χ0v) is 22.4. The van der Waals surface area contributed by atoms with Crippen LogP contribution in [0.25, 0.3) is 27.8 Å². The SMILES string of the molecule is COc1ccc([C@H]2c3ccc4ccccc4c3Oc3ncn4nc(-c5ccc(Cl)cc5Cl)nc4c32)cc1OC. The Bertz CT molecular complexity index is 1920. The molecule has 9 heteroatoms. The standard InChI is InChI=1S/C30H20Cl2N4O3/c1-37-23-12-8-17(13-24(23)38-2)25-21-10-7-16-5-3-4-6-19(16)27(21)39-30-26(25)29-34-28(35-36(29)15-33-30)20-11-9-18(31)14-22(20)32/h3-15,25H,1-2H3/t25-/m0/s1. The molecule has 1 aliphatic rings. The molecule has 4 aromatic carbocycles. The molecule has 1 aliphatic heterocycles. The maximum absolute atomic E-state index is 6.51. The van der Waals surface area contributed by atoms with Crippen molar-refractivity contribution in [3.05, 3.63) is 106 Å². The Morgan fingerprint density at radius 3 is 2.56 bits per heavy atom. The number of rotatable bonds is 4. The summed E-state index contributed by atoms with van der Waals surface area (Å²) in [6, 6.07) is 23.5. The van der Waals surface area contributed by atoms with E-state index in [1.54, 1.807) is 37.2 Å². The van der Waals surface area contributed by atoms with Crippen LogP contribution in [-0.2, 0) is 0 Å². The summed E-state index contributed by atoms with van der Waals surface area (Å²) in [5, 5.41) is 7.77. The van der Waals surface area contributed by atoms with Crippen LogP contribution in [0.4, 0.5) is 0 Å². The molecule has 0 bridgehead atoms. The van der Waals surface area contributed by atoms with Crippen molar-refractivity contribution in [3.8, 4) is 34.5 Å². The van der Waals surface area contributed by atoms with Crippen LogP contribution in [0.3, 0.4) is 0 Å². The molecule has 7 nitrogen and oxygen atoms in total. The monoisotopic (exact) mass is 554 g/mol. The summed E-state index contributed by atoms with van der Waals surface area (Å²) >= 11 is 12.6. The first-order valence-corrected chi connectivity index (χ1v) is 12.9. The second kappa shape index (κ2) is 9.15. The van der Waals surface area contributed by atoms with Gasteiger partial charge in [-0.1, -0.05) is 65.7 Å². The molecule has 7 rings (SSSR count).